The fraction of sp³-hybridized carbons (Fsp3) is 0.158. The number of esters is 1. The molecule has 3 rings (SSSR count). The average molecular weight is 352 g/mol. The maximum Gasteiger partial charge on any atom is 0.326 e. The lowest BCUT2D eigenvalue weighted by atomic mass is 10.1. The van der Waals surface area contributed by atoms with Gasteiger partial charge in [-0.05, 0) is 31.2 Å². The van der Waals surface area contributed by atoms with Crippen LogP contribution in [0.3, 0.4) is 0 Å². The fourth-order valence-electron chi connectivity index (χ4n) is 2.57. The van der Waals surface area contributed by atoms with Crippen molar-refractivity contribution in [1.29, 1.82) is 0 Å². The Morgan fingerprint density at radius 2 is 1.50 bits per heavy atom. The molecule has 132 valence electrons. The Kier molecular flexibility index (Phi) is 4.79. The first kappa shape index (κ1) is 17.3. The molecule has 1 unspecified atom stereocenters. The molecule has 7 heteroatoms. The topological polar surface area (TPSA) is 92.8 Å². The third kappa shape index (κ3) is 3.46. The molecule has 0 spiro atoms. The van der Waals surface area contributed by atoms with Crippen LogP contribution in [0.1, 0.15) is 27.6 Å². The molecule has 2 aromatic rings. The van der Waals surface area contributed by atoms with Crippen molar-refractivity contribution in [3.8, 4) is 0 Å². The number of hydrogen-bond acceptors (Lipinski definition) is 5. The van der Waals surface area contributed by atoms with Crippen molar-refractivity contribution in [3.63, 3.8) is 0 Å². The molecule has 0 saturated heterocycles. The van der Waals surface area contributed by atoms with Crippen LogP contribution in [0.25, 0.3) is 0 Å². The molecule has 1 aliphatic rings. The summed E-state index contributed by atoms with van der Waals surface area (Å²) in [6.45, 7) is 0.869. The van der Waals surface area contributed by atoms with E-state index in [-0.39, 0.29) is 11.1 Å². The number of fused-ring (bicyclic) bond motifs is 1. The van der Waals surface area contributed by atoms with Gasteiger partial charge in [0.05, 0.1) is 11.1 Å². The Balaban J connectivity index is 1.58. The highest BCUT2D eigenvalue weighted by atomic mass is 16.5. The van der Waals surface area contributed by atoms with E-state index in [4.69, 9.17) is 4.74 Å². The second kappa shape index (κ2) is 7.18. The number of imide groups is 1. The van der Waals surface area contributed by atoms with Gasteiger partial charge in [-0.1, -0.05) is 30.3 Å². The van der Waals surface area contributed by atoms with Gasteiger partial charge < -0.3 is 10.1 Å². The highest BCUT2D eigenvalue weighted by Gasteiger charge is 2.37. The van der Waals surface area contributed by atoms with Gasteiger partial charge in [-0.25, -0.2) is 0 Å². The number of rotatable bonds is 5. The first-order valence-electron chi connectivity index (χ1n) is 7.98. The van der Waals surface area contributed by atoms with Crippen LogP contribution < -0.4 is 5.32 Å². The summed E-state index contributed by atoms with van der Waals surface area (Å²) in [5.74, 6) is -2.45. The smallest absolute Gasteiger partial charge is 0.326 e. The lowest BCUT2D eigenvalue weighted by molar-refractivity contribution is -0.153. The maximum atomic E-state index is 12.2. The van der Waals surface area contributed by atoms with Crippen molar-refractivity contribution < 1.29 is 23.9 Å². The second-order valence-corrected chi connectivity index (χ2v) is 5.73. The minimum Gasteiger partial charge on any atom is -0.451 e. The molecule has 0 bridgehead atoms. The Labute approximate surface area is 149 Å². The number of ether oxygens (including phenoxy) is 1. The van der Waals surface area contributed by atoms with E-state index >= 15 is 0 Å². The van der Waals surface area contributed by atoms with Crippen LogP contribution >= 0.6 is 0 Å². The van der Waals surface area contributed by atoms with E-state index in [1.54, 1.807) is 42.5 Å². The highest BCUT2D eigenvalue weighted by molar-refractivity contribution is 6.22. The minimum atomic E-state index is -1.07. The summed E-state index contributed by atoms with van der Waals surface area (Å²) in [6, 6.07) is 15.1. The lowest BCUT2D eigenvalue weighted by Gasteiger charge is -2.16. The molecular formula is C19H16N2O5. The van der Waals surface area contributed by atoms with E-state index in [1.807, 2.05) is 0 Å². The van der Waals surface area contributed by atoms with Crippen molar-refractivity contribution >= 4 is 29.4 Å². The standard InChI is InChI=1S/C19H16N2O5/c1-12(17(23)20-13-7-3-2-4-8-13)26-16(22)11-21-18(24)14-9-5-6-10-15(14)19(21)25/h2-10,12H,11H2,1H3,(H,20,23). The van der Waals surface area contributed by atoms with Gasteiger partial charge in [0.2, 0.25) is 0 Å². The normalized spacial score (nSPS) is 14.0. The number of amides is 3. The van der Waals surface area contributed by atoms with Crippen LogP contribution in [0.5, 0.6) is 0 Å². The molecule has 7 nitrogen and oxygen atoms in total. The average Bonchev–Trinajstić information content (AvgIpc) is 2.88. The number of hydrogen-bond donors (Lipinski definition) is 1. The zero-order chi connectivity index (χ0) is 18.7. The number of nitrogens with zero attached hydrogens (tertiary/aromatic N) is 1. The quantitative estimate of drug-likeness (QED) is 0.655. The fourth-order valence-corrected chi connectivity index (χ4v) is 2.57. The Morgan fingerprint density at radius 1 is 0.962 bits per heavy atom. The van der Waals surface area contributed by atoms with E-state index in [1.165, 1.54) is 19.1 Å². The van der Waals surface area contributed by atoms with Gasteiger partial charge >= 0.3 is 5.97 Å². The summed E-state index contributed by atoms with van der Waals surface area (Å²) >= 11 is 0. The van der Waals surface area contributed by atoms with E-state index in [9.17, 15) is 19.2 Å². The molecule has 1 heterocycles. The molecule has 0 aromatic heterocycles. The van der Waals surface area contributed by atoms with Crippen LogP contribution in [0, 0.1) is 0 Å². The number of carbonyl (C=O) groups is 4. The van der Waals surface area contributed by atoms with Gasteiger partial charge in [-0.15, -0.1) is 0 Å². The van der Waals surface area contributed by atoms with Crippen molar-refractivity contribution in [2.24, 2.45) is 0 Å². The van der Waals surface area contributed by atoms with Gasteiger partial charge in [0.15, 0.2) is 6.10 Å². The Morgan fingerprint density at radius 3 is 2.08 bits per heavy atom. The number of carbonyl (C=O) groups excluding carboxylic acids is 4. The summed E-state index contributed by atoms with van der Waals surface area (Å²) in [4.78, 5) is 49.4. The van der Waals surface area contributed by atoms with Crippen molar-refractivity contribution in [2.75, 3.05) is 11.9 Å². The third-order valence-electron chi connectivity index (χ3n) is 3.88. The van der Waals surface area contributed by atoms with Crippen molar-refractivity contribution in [2.45, 2.75) is 13.0 Å². The van der Waals surface area contributed by atoms with Gasteiger partial charge in [0.25, 0.3) is 17.7 Å². The molecule has 0 aliphatic carbocycles. The molecule has 0 saturated carbocycles. The van der Waals surface area contributed by atoms with Gasteiger partial charge in [0.1, 0.15) is 6.54 Å². The maximum absolute atomic E-state index is 12.2. The molecule has 0 fully saturated rings. The van der Waals surface area contributed by atoms with E-state index in [0.29, 0.717) is 5.69 Å². The van der Waals surface area contributed by atoms with Crippen LogP contribution in [0.2, 0.25) is 0 Å². The highest BCUT2D eigenvalue weighted by Crippen LogP contribution is 2.22. The summed E-state index contributed by atoms with van der Waals surface area (Å²) in [5.41, 5.74) is 1.07. The van der Waals surface area contributed by atoms with E-state index in [0.717, 1.165) is 4.90 Å². The SMILES string of the molecule is CC(OC(=O)CN1C(=O)c2ccccc2C1=O)C(=O)Nc1ccccc1. The molecule has 0 radical (unpaired) electrons. The van der Waals surface area contributed by atoms with Gasteiger partial charge in [-0.3, -0.25) is 24.1 Å². The monoisotopic (exact) mass is 352 g/mol. The summed E-state index contributed by atoms with van der Waals surface area (Å²) in [6.07, 6.45) is -1.07. The summed E-state index contributed by atoms with van der Waals surface area (Å²) < 4.78 is 5.04. The predicted octanol–water partition coefficient (Wildman–Crippen LogP) is 1.85. The Hall–Kier alpha value is -3.48. The minimum absolute atomic E-state index is 0.250. The van der Waals surface area contributed by atoms with Gasteiger partial charge in [0, 0.05) is 5.69 Å². The third-order valence-corrected chi connectivity index (χ3v) is 3.88. The molecule has 1 aliphatic heterocycles. The van der Waals surface area contributed by atoms with Crippen molar-refractivity contribution in [1.82, 2.24) is 4.90 Å². The number of nitrogens with one attached hydrogen (secondary N) is 1. The molecule has 1 atom stereocenters. The molecule has 3 amide bonds. The Bertz CT molecular complexity index is 844. The lowest BCUT2D eigenvalue weighted by Crippen LogP contribution is -2.38. The van der Waals surface area contributed by atoms with E-state index in [2.05, 4.69) is 5.32 Å². The van der Waals surface area contributed by atoms with E-state index < -0.39 is 36.3 Å². The van der Waals surface area contributed by atoms with Crippen LogP contribution in [0.15, 0.2) is 54.6 Å². The number of anilines is 1. The summed E-state index contributed by atoms with van der Waals surface area (Å²) in [5, 5.41) is 2.61. The number of benzene rings is 2. The molecule has 26 heavy (non-hydrogen) atoms. The molecule has 2 aromatic carbocycles. The first-order chi connectivity index (χ1) is 12.5. The predicted molar refractivity (Wildman–Crippen MR) is 92.4 cm³/mol. The van der Waals surface area contributed by atoms with Crippen LogP contribution in [0.4, 0.5) is 5.69 Å². The zero-order valence-corrected chi connectivity index (χ0v) is 14.0. The molecule has 1 N–H and O–H groups in total. The zero-order valence-electron chi connectivity index (χ0n) is 14.0. The van der Waals surface area contributed by atoms with Gasteiger partial charge in [-0.2, -0.15) is 0 Å². The first-order valence-corrected chi connectivity index (χ1v) is 7.98. The second-order valence-electron chi connectivity index (χ2n) is 5.73. The summed E-state index contributed by atoms with van der Waals surface area (Å²) in [7, 11) is 0. The largest absolute Gasteiger partial charge is 0.451 e. The van der Waals surface area contributed by atoms with Crippen LogP contribution in [-0.4, -0.2) is 41.2 Å². The van der Waals surface area contributed by atoms with Crippen molar-refractivity contribution in [3.05, 3.63) is 65.7 Å². The number of para-hydroxylation sites is 1. The molecular weight excluding hydrogens is 336 g/mol. The van der Waals surface area contributed by atoms with Crippen LogP contribution in [-0.2, 0) is 14.3 Å².